The minimum atomic E-state index is -0.493. The van der Waals surface area contributed by atoms with Crippen LogP contribution in [0.15, 0.2) is 302 Å². The Labute approximate surface area is 437 Å². The normalized spacial score (nSPS) is 12.4. The number of fused-ring (bicyclic) bond motifs is 6. The van der Waals surface area contributed by atoms with Gasteiger partial charge in [-0.15, -0.1) is 0 Å². The molecule has 1 aliphatic rings. The van der Waals surface area contributed by atoms with Crippen molar-refractivity contribution < 1.29 is 4.42 Å². The van der Waals surface area contributed by atoms with Crippen molar-refractivity contribution in [1.29, 1.82) is 0 Å². The minimum Gasteiger partial charge on any atom is -0.456 e. The monoisotopic (exact) mass is 955 g/mol. The number of benzene rings is 12. The SMILES string of the molecule is c1ccc(-c2ccc(-c3ccc(N(c4ccc(-c5cccc6oc7ccccc7c56)cc4)c4cccc(-c5cccc6c5-c5ccccc5C6(c5ccccc5)c5ccccc5)c4)cc3)c(-c3ccccc3)c2)cc1. The Morgan fingerprint density at radius 2 is 0.760 bits per heavy atom. The van der Waals surface area contributed by atoms with E-state index >= 15 is 0 Å². The number of hydrogen-bond acceptors (Lipinski definition) is 2. The molecule has 0 saturated heterocycles. The van der Waals surface area contributed by atoms with Gasteiger partial charge < -0.3 is 9.32 Å². The maximum atomic E-state index is 6.34. The molecular formula is C73H49NO. The van der Waals surface area contributed by atoms with Gasteiger partial charge in [0.05, 0.1) is 5.41 Å². The van der Waals surface area contributed by atoms with Crippen LogP contribution < -0.4 is 4.90 Å². The fraction of sp³-hybridized carbons (Fsp3) is 0.0137. The van der Waals surface area contributed by atoms with Crippen molar-refractivity contribution in [2.24, 2.45) is 0 Å². The highest BCUT2D eigenvalue weighted by atomic mass is 16.3. The van der Waals surface area contributed by atoms with Gasteiger partial charge in [0.15, 0.2) is 0 Å². The van der Waals surface area contributed by atoms with Gasteiger partial charge in [0.2, 0.25) is 0 Å². The van der Waals surface area contributed by atoms with E-state index in [1.165, 1.54) is 66.8 Å². The van der Waals surface area contributed by atoms with Gasteiger partial charge in [-0.2, -0.15) is 0 Å². The van der Waals surface area contributed by atoms with E-state index in [1.807, 2.05) is 12.1 Å². The zero-order valence-electron chi connectivity index (χ0n) is 41.1. The first kappa shape index (κ1) is 44.0. The van der Waals surface area contributed by atoms with E-state index < -0.39 is 5.41 Å². The number of hydrogen-bond donors (Lipinski definition) is 0. The third-order valence-corrected chi connectivity index (χ3v) is 15.4. The summed E-state index contributed by atoms with van der Waals surface area (Å²) >= 11 is 0. The van der Waals surface area contributed by atoms with Crippen molar-refractivity contribution in [3.63, 3.8) is 0 Å². The van der Waals surface area contributed by atoms with Gasteiger partial charge in [0.25, 0.3) is 0 Å². The molecule has 0 amide bonds. The Bertz CT molecular complexity index is 4160. The van der Waals surface area contributed by atoms with Crippen molar-refractivity contribution in [3.05, 3.63) is 320 Å². The van der Waals surface area contributed by atoms with Gasteiger partial charge in [-0.1, -0.05) is 243 Å². The summed E-state index contributed by atoms with van der Waals surface area (Å²) in [6.45, 7) is 0. The lowest BCUT2D eigenvalue weighted by Gasteiger charge is -2.34. The van der Waals surface area contributed by atoms with Gasteiger partial charge >= 0.3 is 0 Å². The predicted molar refractivity (Wildman–Crippen MR) is 313 cm³/mol. The first-order chi connectivity index (χ1) is 37.2. The first-order valence-electron chi connectivity index (χ1n) is 25.8. The second-order valence-corrected chi connectivity index (χ2v) is 19.5. The van der Waals surface area contributed by atoms with Gasteiger partial charge in [0, 0.05) is 27.8 Å². The number of rotatable bonds is 10. The number of anilines is 3. The summed E-state index contributed by atoms with van der Waals surface area (Å²) in [6, 6.07) is 108. The molecule has 0 spiro atoms. The van der Waals surface area contributed by atoms with Crippen molar-refractivity contribution >= 4 is 39.0 Å². The molecule has 0 radical (unpaired) electrons. The lowest BCUT2D eigenvalue weighted by molar-refractivity contribution is 0.669. The summed E-state index contributed by atoms with van der Waals surface area (Å²) in [5, 5.41) is 2.25. The fourth-order valence-corrected chi connectivity index (χ4v) is 12.1. The minimum absolute atomic E-state index is 0.493. The number of nitrogens with zero attached hydrogens (tertiary/aromatic N) is 1. The Balaban J connectivity index is 0.920. The molecule has 13 aromatic rings. The largest absolute Gasteiger partial charge is 0.456 e. The van der Waals surface area contributed by atoms with Crippen LogP contribution in [-0.4, -0.2) is 0 Å². The third-order valence-electron chi connectivity index (χ3n) is 15.4. The molecule has 0 N–H and O–H groups in total. The second-order valence-electron chi connectivity index (χ2n) is 19.5. The van der Waals surface area contributed by atoms with Crippen LogP contribution in [-0.2, 0) is 5.41 Å². The Kier molecular flexibility index (Phi) is 10.8. The summed E-state index contributed by atoms with van der Waals surface area (Å²) in [7, 11) is 0. The standard InChI is InChI=1S/C73H49NO/c1-5-20-50(21-6-1)54-42-47-61(66(49-54)51-22-7-2-8-23-51)52-38-43-58(44-39-52)74(59-45-40-53(41-46-59)62-33-19-37-70-72(62)65-31-14-16-36-69(65)75-70)60-29-17-24-55(48-60)63-32-18-35-68-71(63)64-30-13-15-34-67(64)73(68,56-25-9-3-10-26-56)57-27-11-4-12-28-57/h1-49H. The Hall–Kier alpha value is -9.76. The van der Waals surface area contributed by atoms with E-state index in [9.17, 15) is 0 Å². The molecule has 75 heavy (non-hydrogen) atoms. The fourth-order valence-electron chi connectivity index (χ4n) is 12.1. The van der Waals surface area contributed by atoms with E-state index in [0.717, 1.165) is 61.3 Å². The van der Waals surface area contributed by atoms with Crippen LogP contribution in [0.2, 0.25) is 0 Å². The van der Waals surface area contributed by atoms with Crippen LogP contribution in [0.25, 0.3) is 88.7 Å². The highest BCUT2D eigenvalue weighted by Crippen LogP contribution is 2.58. The lowest BCUT2D eigenvalue weighted by atomic mass is 9.67. The van der Waals surface area contributed by atoms with Crippen molar-refractivity contribution in [3.8, 4) is 66.8 Å². The molecule has 2 heteroatoms. The van der Waals surface area contributed by atoms with Gasteiger partial charge in [-0.25, -0.2) is 0 Å². The average Bonchev–Trinajstić information content (AvgIpc) is 4.14. The van der Waals surface area contributed by atoms with E-state index in [-0.39, 0.29) is 0 Å². The molecule has 0 aliphatic heterocycles. The Morgan fingerprint density at radius 3 is 1.47 bits per heavy atom. The van der Waals surface area contributed by atoms with Gasteiger partial charge in [0.1, 0.15) is 11.2 Å². The molecule has 1 aliphatic carbocycles. The molecule has 12 aromatic carbocycles. The highest BCUT2D eigenvalue weighted by Gasteiger charge is 2.46. The van der Waals surface area contributed by atoms with Crippen LogP contribution in [0, 0.1) is 0 Å². The molecule has 0 atom stereocenters. The maximum absolute atomic E-state index is 6.34. The third kappa shape index (κ3) is 7.41. The molecule has 14 rings (SSSR count). The van der Waals surface area contributed by atoms with Crippen molar-refractivity contribution in [2.75, 3.05) is 4.90 Å². The molecule has 0 unspecified atom stereocenters. The average molecular weight is 956 g/mol. The van der Waals surface area contributed by atoms with Crippen molar-refractivity contribution in [1.82, 2.24) is 0 Å². The summed E-state index contributed by atoms with van der Waals surface area (Å²) < 4.78 is 6.34. The van der Waals surface area contributed by atoms with Crippen LogP contribution in [0.4, 0.5) is 17.1 Å². The van der Waals surface area contributed by atoms with Gasteiger partial charge in [-0.3, -0.25) is 0 Å². The zero-order chi connectivity index (χ0) is 49.7. The van der Waals surface area contributed by atoms with E-state index in [0.29, 0.717) is 0 Å². The number of para-hydroxylation sites is 1. The number of furan rings is 1. The Morgan fingerprint density at radius 1 is 0.267 bits per heavy atom. The predicted octanol–water partition coefficient (Wildman–Crippen LogP) is 19.8. The summed E-state index contributed by atoms with van der Waals surface area (Å²) in [5.41, 5.74) is 23.9. The molecule has 1 aromatic heterocycles. The molecule has 0 saturated carbocycles. The molecule has 0 bridgehead atoms. The van der Waals surface area contributed by atoms with E-state index in [2.05, 4.69) is 290 Å². The van der Waals surface area contributed by atoms with E-state index in [1.54, 1.807) is 0 Å². The topological polar surface area (TPSA) is 16.4 Å². The maximum Gasteiger partial charge on any atom is 0.136 e. The smallest absolute Gasteiger partial charge is 0.136 e. The van der Waals surface area contributed by atoms with Crippen LogP contribution in [0.5, 0.6) is 0 Å². The zero-order valence-corrected chi connectivity index (χ0v) is 41.1. The quantitative estimate of drug-likeness (QED) is 0.136. The molecule has 1 heterocycles. The van der Waals surface area contributed by atoms with Crippen LogP contribution in [0.1, 0.15) is 22.3 Å². The highest BCUT2D eigenvalue weighted by molar-refractivity contribution is 6.12. The molecule has 2 nitrogen and oxygen atoms in total. The van der Waals surface area contributed by atoms with Crippen LogP contribution in [0.3, 0.4) is 0 Å². The lowest BCUT2D eigenvalue weighted by Crippen LogP contribution is -2.28. The van der Waals surface area contributed by atoms with Crippen molar-refractivity contribution in [2.45, 2.75) is 5.41 Å². The van der Waals surface area contributed by atoms with E-state index in [4.69, 9.17) is 4.42 Å². The second kappa shape index (κ2) is 18.4. The first-order valence-corrected chi connectivity index (χ1v) is 25.8. The summed E-state index contributed by atoms with van der Waals surface area (Å²) in [6.07, 6.45) is 0. The molecule has 352 valence electrons. The molecule has 0 fully saturated rings. The summed E-state index contributed by atoms with van der Waals surface area (Å²) in [5.74, 6) is 0. The van der Waals surface area contributed by atoms with Crippen LogP contribution >= 0.6 is 0 Å². The molecular weight excluding hydrogens is 907 g/mol. The summed E-state index contributed by atoms with van der Waals surface area (Å²) in [4.78, 5) is 2.40. The van der Waals surface area contributed by atoms with Gasteiger partial charge in [-0.05, 0) is 144 Å².